The van der Waals surface area contributed by atoms with Gasteiger partial charge in [-0.05, 0) is 12.1 Å². The lowest BCUT2D eigenvalue weighted by Gasteiger charge is -2.26. The molecule has 0 aliphatic carbocycles. The Bertz CT molecular complexity index is 459. The molecule has 0 unspecified atom stereocenters. The zero-order chi connectivity index (χ0) is 11.7. The normalized spacial score (nSPS) is 16.8. The number of piperidine rings is 1. The predicted molar refractivity (Wildman–Crippen MR) is 53.0 cm³/mol. The van der Waals surface area contributed by atoms with E-state index in [-0.39, 0.29) is 30.9 Å². The quantitative estimate of drug-likeness (QED) is 0.681. The molecule has 0 bridgehead atoms. The monoisotopic (exact) mass is 225 g/mol. The highest BCUT2D eigenvalue weighted by atomic mass is 19.2. The van der Waals surface area contributed by atoms with Crippen LogP contribution in [0.3, 0.4) is 0 Å². The molecule has 0 spiro atoms. The SMILES string of the molecule is O=C1CCN(c2cccc(F)c2F)C(=O)C1. The van der Waals surface area contributed by atoms with Crippen molar-refractivity contribution in [2.24, 2.45) is 0 Å². The van der Waals surface area contributed by atoms with Crippen LogP contribution in [0.15, 0.2) is 18.2 Å². The molecule has 0 N–H and O–H groups in total. The van der Waals surface area contributed by atoms with Crippen LogP contribution >= 0.6 is 0 Å². The lowest BCUT2D eigenvalue weighted by Crippen LogP contribution is -2.39. The molecule has 1 saturated heterocycles. The van der Waals surface area contributed by atoms with E-state index in [1.807, 2.05) is 0 Å². The third kappa shape index (κ3) is 1.80. The summed E-state index contributed by atoms with van der Waals surface area (Å²) in [5, 5.41) is 0. The lowest BCUT2D eigenvalue weighted by atomic mass is 10.1. The van der Waals surface area contributed by atoms with Crippen molar-refractivity contribution in [3.8, 4) is 0 Å². The fourth-order valence-electron chi connectivity index (χ4n) is 1.67. The molecule has 5 heteroatoms. The van der Waals surface area contributed by atoms with Crippen LogP contribution in [0.5, 0.6) is 0 Å². The van der Waals surface area contributed by atoms with Crippen LogP contribution in [-0.4, -0.2) is 18.2 Å². The number of hydrogen-bond acceptors (Lipinski definition) is 2. The fourth-order valence-corrected chi connectivity index (χ4v) is 1.67. The standard InChI is InChI=1S/C11H9F2NO2/c12-8-2-1-3-9(11(8)13)14-5-4-7(15)6-10(14)16/h1-3H,4-6H2. The van der Waals surface area contributed by atoms with E-state index in [9.17, 15) is 18.4 Å². The van der Waals surface area contributed by atoms with Gasteiger partial charge >= 0.3 is 0 Å². The number of amides is 1. The summed E-state index contributed by atoms with van der Waals surface area (Å²) in [5.41, 5.74) is -0.0995. The molecule has 0 radical (unpaired) electrons. The van der Waals surface area contributed by atoms with Crippen LogP contribution in [0.1, 0.15) is 12.8 Å². The van der Waals surface area contributed by atoms with Crippen molar-refractivity contribution < 1.29 is 18.4 Å². The van der Waals surface area contributed by atoms with Crippen molar-refractivity contribution >= 4 is 17.4 Å². The van der Waals surface area contributed by atoms with E-state index in [1.165, 1.54) is 12.1 Å². The number of carbonyl (C=O) groups excluding carboxylic acids is 2. The Labute approximate surface area is 90.7 Å². The topological polar surface area (TPSA) is 37.4 Å². The molecular formula is C11H9F2NO2. The maximum Gasteiger partial charge on any atom is 0.234 e. The van der Waals surface area contributed by atoms with Gasteiger partial charge in [-0.25, -0.2) is 8.78 Å². The number of benzene rings is 1. The van der Waals surface area contributed by atoms with Crippen LogP contribution < -0.4 is 4.90 Å². The maximum absolute atomic E-state index is 13.4. The summed E-state index contributed by atoms with van der Waals surface area (Å²) in [5.74, 6) is -2.70. The molecule has 1 amide bonds. The molecule has 84 valence electrons. The van der Waals surface area contributed by atoms with Gasteiger partial charge < -0.3 is 4.90 Å². The third-order valence-corrected chi connectivity index (χ3v) is 2.49. The molecule has 1 aliphatic heterocycles. The molecule has 0 atom stereocenters. The fraction of sp³-hybridized carbons (Fsp3) is 0.273. The Hall–Kier alpha value is -1.78. The summed E-state index contributed by atoms with van der Waals surface area (Å²) in [4.78, 5) is 23.6. The molecule has 0 saturated carbocycles. The minimum absolute atomic E-state index is 0.0995. The van der Waals surface area contributed by atoms with Gasteiger partial charge in [-0.3, -0.25) is 9.59 Å². The van der Waals surface area contributed by atoms with Gasteiger partial charge in [0.05, 0.1) is 12.1 Å². The minimum Gasteiger partial charge on any atom is -0.309 e. The Morgan fingerprint density at radius 3 is 2.62 bits per heavy atom. The second-order valence-electron chi connectivity index (χ2n) is 3.58. The van der Waals surface area contributed by atoms with Crippen molar-refractivity contribution in [2.45, 2.75) is 12.8 Å². The third-order valence-electron chi connectivity index (χ3n) is 2.49. The first-order chi connectivity index (χ1) is 7.59. The Balaban J connectivity index is 2.34. The van der Waals surface area contributed by atoms with Crippen LogP contribution in [0.2, 0.25) is 0 Å². The summed E-state index contributed by atoms with van der Waals surface area (Å²) in [6, 6.07) is 3.64. The van der Waals surface area contributed by atoms with Gasteiger partial charge in [-0.2, -0.15) is 0 Å². The number of hydrogen-bond donors (Lipinski definition) is 0. The smallest absolute Gasteiger partial charge is 0.234 e. The van der Waals surface area contributed by atoms with E-state index in [4.69, 9.17) is 0 Å². The number of Topliss-reactive ketones (excluding diaryl/α,β-unsaturated/α-hetero) is 1. The van der Waals surface area contributed by atoms with E-state index in [1.54, 1.807) is 0 Å². The average molecular weight is 225 g/mol. The Morgan fingerprint density at radius 1 is 1.19 bits per heavy atom. The van der Waals surface area contributed by atoms with Gasteiger partial charge in [0.1, 0.15) is 5.78 Å². The van der Waals surface area contributed by atoms with Gasteiger partial charge in [0, 0.05) is 13.0 Å². The number of halogens is 2. The summed E-state index contributed by atoms with van der Waals surface area (Å²) >= 11 is 0. The van der Waals surface area contributed by atoms with E-state index in [0.29, 0.717) is 0 Å². The van der Waals surface area contributed by atoms with Crippen molar-refractivity contribution in [1.29, 1.82) is 0 Å². The second-order valence-corrected chi connectivity index (χ2v) is 3.58. The molecule has 16 heavy (non-hydrogen) atoms. The summed E-state index contributed by atoms with van der Waals surface area (Å²) < 4.78 is 26.4. The molecule has 1 aliphatic rings. The summed E-state index contributed by atoms with van der Waals surface area (Å²) in [7, 11) is 0. The minimum atomic E-state index is -1.05. The van der Waals surface area contributed by atoms with Crippen molar-refractivity contribution in [3.63, 3.8) is 0 Å². The maximum atomic E-state index is 13.4. The van der Waals surface area contributed by atoms with Gasteiger partial charge in [0.25, 0.3) is 0 Å². The second kappa shape index (κ2) is 4.00. The van der Waals surface area contributed by atoms with Gasteiger partial charge in [0.15, 0.2) is 11.6 Å². The molecule has 3 nitrogen and oxygen atoms in total. The van der Waals surface area contributed by atoms with E-state index >= 15 is 0 Å². The number of nitrogens with zero attached hydrogens (tertiary/aromatic N) is 1. The zero-order valence-electron chi connectivity index (χ0n) is 8.37. The van der Waals surface area contributed by atoms with Crippen LogP contribution in [-0.2, 0) is 9.59 Å². The van der Waals surface area contributed by atoms with Gasteiger partial charge in [0.2, 0.25) is 5.91 Å². The molecular weight excluding hydrogens is 216 g/mol. The molecule has 1 aromatic carbocycles. The first-order valence-electron chi connectivity index (χ1n) is 4.85. The number of ketones is 1. The van der Waals surface area contributed by atoms with Crippen molar-refractivity contribution in [2.75, 3.05) is 11.4 Å². The highest BCUT2D eigenvalue weighted by Crippen LogP contribution is 2.24. The number of rotatable bonds is 1. The first kappa shape index (κ1) is 10.7. The predicted octanol–water partition coefficient (Wildman–Crippen LogP) is 1.66. The molecule has 0 aromatic heterocycles. The Morgan fingerprint density at radius 2 is 1.94 bits per heavy atom. The summed E-state index contributed by atoms with van der Waals surface area (Å²) in [6.07, 6.45) is -0.0579. The molecule has 1 fully saturated rings. The van der Waals surface area contributed by atoms with Gasteiger partial charge in [-0.15, -0.1) is 0 Å². The van der Waals surface area contributed by atoms with Crippen LogP contribution in [0.25, 0.3) is 0 Å². The van der Waals surface area contributed by atoms with Crippen LogP contribution in [0, 0.1) is 11.6 Å². The highest BCUT2D eigenvalue weighted by Gasteiger charge is 2.27. The Kier molecular flexibility index (Phi) is 2.68. The average Bonchev–Trinajstić information content (AvgIpc) is 2.23. The first-order valence-corrected chi connectivity index (χ1v) is 4.85. The highest BCUT2D eigenvalue weighted by molar-refractivity contribution is 6.08. The van der Waals surface area contributed by atoms with Crippen LogP contribution in [0.4, 0.5) is 14.5 Å². The molecule has 1 aromatic rings. The van der Waals surface area contributed by atoms with Crippen molar-refractivity contribution in [1.82, 2.24) is 0 Å². The van der Waals surface area contributed by atoms with E-state index in [2.05, 4.69) is 0 Å². The number of anilines is 1. The largest absolute Gasteiger partial charge is 0.309 e. The lowest BCUT2D eigenvalue weighted by molar-refractivity contribution is -0.128. The van der Waals surface area contributed by atoms with E-state index in [0.717, 1.165) is 11.0 Å². The summed E-state index contributed by atoms with van der Waals surface area (Å²) in [6.45, 7) is 0.109. The van der Waals surface area contributed by atoms with Crippen molar-refractivity contribution in [3.05, 3.63) is 29.8 Å². The zero-order valence-corrected chi connectivity index (χ0v) is 8.37. The number of carbonyl (C=O) groups is 2. The molecule has 2 rings (SSSR count). The van der Waals surface area contributed by atoms with Gasteiger partial charge in [-0.1, -0.05) is 6.07 Å². The van der Waals surface area contributed by atoms with E-state index < -0.39 is 17.5 Å². The molecule has 1 heterocycles.